The summed E-state index contributed by atoms with van der Waals surface area (Å²) in [5, 5.41) is 12.1. The smallest absolute Gasteiger partial charge is 0.298 e. The Kier molecular flexibility index (Phi) is 3.68. The fourth-order valence-electron chi connectivity index (χ4n) is 2.25. The second kappa shape index (κ2) is 5.64. The summed E-state index contributed by atoms with van der Waals surface area (Å²) in [5.74, 6) is 0.144. The molecule has 1 aliphatic rings. The van der Waals surface area contributed by atoms with Crippen LogP contribution in [0.2, 0.25) is 0 Å². The molecule has 1 unspecified atom stereocenters. The lowest BCUT2D eigenvalue weighted by Crippen LogP contribution is -2.27. The average molecular weight is 303 g/mol. The third-order valence-electron chi connectivity index (χ3n) is 3.28. The number of halogens is 1. The Hall–Kier alpha value is -2.61. The Balaban J connectivity index is 1.86. The number of amides is 1. The van der Waals surface area contributed by atoms with Gasteiger partial charge in [-0.15, -0.1) is 10.2 Å². The van der Waals surface area contributed by atoms with Crippen LogP contribution >= 0.6 is 0 Å². The van der Waals surface area contributed by atoms with E-state index in [-0.39, 0.29) is 17.6 Å². The highest BCUT2D eigenvalue weighted by atomic mass is 19.1. The van der Waals surface area contributed by atoms with E-state index in [9.17, 15) is 9.18 Å². The van der Waals surface area contributed by atoms with E-state index < -0.39 is 5.82 Å². The monoisotopic (exact) mass is 303 g/mol. The van der Waals surface area contributed by atoms with Gasteiger partial charge in [0.1, 0.15) is 11.6 Å². The van der Waals surface area contributed by atoms with Crippen molar-refractivity contribution >= 4 is 17.5 Å². The number of anilines is 2. The molecule has 0 spiro atoms. The van der Waals surface area contributed by atoms with Gasteiger partial charge in [-0.05, 0) is 32.0 Å². The number of carbonyl (C=O) groups is 1. The Labute approximate surface area is 126 Å². The van der Waals surface area contributed by atoms with Crippen molar-refractivity contribution in [3.8, 4) is 0 Å². The summed E-state index contributed by atoms with van der Waals surface area (Å²) >= 11 is 0. The minimum Gasteiger partial charge on any atom is -0.323 e. The maximum atomic E-state index is 12.8. The molecule has 0 bridgehead atoms. The highest BCUT2D eigenvalue weighted by molar-refractivity contribution is 5.96. The van der Waals surface area contributed by atoms with E-state index in [1.54, 1.807) is 6.07 Å². The molecule has 1 N–H and O–H groups in total. The zero-order chi connectivity index (χ0) is 15.7. The predicted molar refractivity (Wildman–Crippen MR) is 75.7 cm³/mol. The van der Waals surface area contributed by atoms with Crippen molar-refractivity contribution < 1.29 is 14.0 Å². The van der Waals surface area contributed by atoms with Gasteiger partial charge in [-0.25, -0.2) is 14.4 Å². The summed E-state index contributed by atoms with van der Waals surface area (Å²) in [5.41, 5.74) is 0.997. The van der Waals surface area contributed by atoms with E-state index in [2.05, 4.69) is 20.5 Å². The van der Waals surface area contributed by atoms with E-state index in [1.807, 2.05) is 13.8 Å². The quantitative estimate of drug-likeness (QED) is 0.933. The van der Waals surface area contributed by atoms with Crippen LogP contribution in [0.1, 0.15) is 35.9 Å². The van der Waals surface area contributed by atoms with Crippen LogP contribution < -0.4 is 5.32 Å². The Morgan fingerprint density at radius 1 is 1.36 bits per heavy atom. The molecule has 2 aromatic rings. The number of nitrogens with zero attached hydrogens (tertiary/aromatic N) is 4. The average Bonchev–Trinajstić information content (AvgIpc) is 2.75. The van der Waals surface area contributed by atoms with Crippen LogP contribution in [0.15, 0.2) is 24.4 Å². The molecule has 1 atom stereocenters. The predicted octanol–water partition coefficient (Wildman–Crippen LogP) is 2.22. The number of hydrogen-bond donors (Lipinski definition) is 1. The highest BCUT2D eigenvalue weighted by Crippen LogP contribution is 2.33. The van der Waals surface area contributed by atoms with Gasteiger partial charge >= 0.3 is 0 Å². The number of aromatic nitrogens is 3. The fourth-order valence-corrected chi connectivity index (χ4v) is 2.25. The number of pyridine rings is 1. The summed E-state index contributed by atoms with van der Waals surface area (Å²) < 4.78 is 12.8. The number of rotatable bonds is 4. The van der Waals surface area contributed by atoms with Gasteiger partial charge in [0, 0.05) is 5.56 Å². The van der Waals surface area contributed by atoms with Gasteiger partial charge in [0.25, 0.3) is 5.91 Å². The van der Waals surface area contributed by atoms with Crippen molar-refractivity contribution in [3.05, 3.63) is 41.5 Å². The highest BCUT2D eigenvalue weighted by Gasteiger charge is 2.37. The SMILES string of the molecule is CCON1C(=O)c2nnc(Nc3ccc(F)cn3)cc2C1C. The number of hydroxylamine groups is 2. The lowest BCUT2D eigenvalue weighted by molar-refractivity contribution is -0.136. The third-order valence-corrected chi connectivity index (χ3v) is 3.28. The molecule has 1 amide bonds. The second-order valence-electron chi connectivity index (χ2n) is 4.74. The van der Waals surface area contributed by atoms with Crippen molar-refractivity contribution in [2.24, 2.45) is 0 Å². The molecule has 0 radical (unpaired) electrons. The van der Waals surface area contributed by atoms with Crippen LogP contribution in [-0.2, 0) is 4.84 Å². The maximum absolute atomic E-state index is 12.8. The summed E-state index contributed by atoms with van der Waals surface area (Å²) in [4.78, 5) is 21.3. The normalized spacial score (nSPS) is 16.8. The lowest BCUT2D eigenvalue weighted by Gasteiger charge is -2.19. The van der Waals surface area contributed by atoms with Crippen LogP contribution in [0.5, 0.6) is 0 Å². The first-order valence-electron chi connectivity index (χ1n) is 6.83. The van der Waals surface area contributed by atoms with Gasteiger partial charge in [0.2, 0.25) is 0 Å². The van der Waals surface area contributed by atoms with Crippen molar-refractivity contribution in [3.63, 3.8) is 0 Å². The van der Waals surface area contributed by atoms with Crippen LogP contribution in [0.3, 0.4) is 0 Å². The molecular weight excluding hydrogens is 289 g/mol. The molecule has 8 heteroatoms. The standard InChI is InChI=1S/C14H14FN5O2/c1-3-22-20-8(2)10-6-12(18-19-13(10)14(20)21)17-11-5-4-9(15)7-16-11/h4-8H,3H2,1-2H3,(H,16,17,18). The lowest BCUT2D eigenvalue weighted by atomic mass is 10.1. The summed E-state index contributed by atoms with van der Waals surface area (Å²) in [7, 11) is 0. The first kappa shape index (κ1) is 14.3. The Morgan fingerprint density at radius 3 is 2.86 bits per heavy atom. The molecule has 2 aromatic heterocycles. The molecule has 0 aromatic carbocycles. The minimum absolute atomic E-state index is 0.250. The number of nitrogens with one attached hydrogen (secondary N) is 1. The summed E-state index contributed by atoms with van der Waals surface area (Å²) in [6.07, 6.45) is 1.10. The number of hydrogen-bond acceptors (Lipinski definition) is 6. The van der Waals surface area contributed by atoms with Crippen LogP contribution in [0.4, 0.5) is 16.0 Å². The van der Waals surface area contributed by atoms with Gasteiger partial charge in [-0.1, -0.05) is 0 Å². The van der Waals surface area contributed by atoms with Crippen molar-refractivity contribution in [1.82, 2.24) is 20.2 Å². The Bertz CT molecular complexity index is 707. The number of fused-ring (bicyclic) bond motifs is 1. The zero-order valence-corrected chi connectivity index (χ0v) is 12.1. The molecule has 7 nitrogen and oxygen atoms in total. The molecule has 3 heterocycles. The first-order valence-corrected chi connectivity index (χ1v) is 6.83. The van der Waals surface area contributed by atoms with E-state index in [0.717, 1.165) is 11.8 Å². The summed E-state index contributed by atoms with van der Waals surface area (Å²) in [6.45, 7) is 4.05. The van der Waals surface area contributed by atoms with Gasteiger partial charge < -0.3 is 5.32 Å². The van der Waals surface area contributed by atoms with Gasteiger partial charge in [0.15, 0.2) is 11.5 Å². The molecular formula is C14H14FN5O2. The Morgan fingerprint density at radius 2 is 2.18 bits per heavy atom. The van der Waals surface area contributed by atoms with Crippen molar-refractivity contribution in [1.29, 1.82) is 0 Å². The van der Waals surface area contributed by atoms with Gasteiger partial charge in [-0.2, -0.15) is 0 Å². The van der Waals surface area contributed by atoms with Gasteiger partial charge in [0.05, 0.1) is 18.8 Å². The first-order chi connectivity index (χ1) is 10.6. The molecule has 0 fully saturated rings. The zero-order valence-electron chi connectivity index (χ0n) is 12.1. The third kappa shape index (κ3) is 2.48. The molecule has 0 saturated carbocycles. The van der Waals surface area contributed by atoms with Crippen LogP contribution in [0.25, 0.3) is 0 Å². The second-order valence-corrected chi connectivity index (χ2v) is 4.74. The summed E-state index contributed by atoms with van der Waals surface area (Å²) in [6, 6.07) is 4.25. The maximum Gasteiger partial charge on any atom is 0.298 e. The largest absolute Gasteiger partial charge is 0.323 e. The molecule has 1 aliphatic heterocycles. The van der Waals surface area contributed by atoms with Crippen molar-refractivity contribution in [2.45, 2.75) is 19.9 Å². The molecule has 0 saturated heterocycles. The fraction of sp³-hybridized carbons (Fsp3) is 0.286. The van der Waals surface area contributed by atoms with Crippen LogP contribution in [-0.4, -0.2) is 32.8 Å². The van der Waals surface area contributed by atoms with Crippen molar-refractivity contribution in [2.75, 3.05) is 11.9 Å². The van der Waals surface area contributed by atoms with E-state index in [4.69, 9.17) is 4.84 Å². The topological polar surface area (TPSA) is 80.2 Å². The molecule has 3 rings (SSSR count). The van der Waals surface area contributed by atoms with E-state index in [0.29, 0.717) is 18.2 Å². The minimum atomic E-state index is -0.419. The van der Waals surface area contributed by atoms with E-state index >= 15 is 0 Å². The van der Waals surface area contributed by atoms with Gasteiger partial charge in [-0.3, -0.25) is 9.63 Å². The van der Waals surface area contributed by atoms with E-state index in [1.165, 1.54) is 17.2 Å². The molecule has 22 heavy (non-hydrogen) atoms. The molecule has 0 aliphatic carbocycles. The van der Waals surface area contributed by atoms with Crippen LogP contribution in [0, 0.1) is 5.82 Å². The number of carbonyl (C=O) groups excluding carboxylic acids is 1. The molecule has 114 valence electrons.